The van der Waals surface area contributed by atoms with E-state index in [0.29, 0.717) is 17.9 Å². The molecule has 0 aliphatic rings. The Hall–Kier alpha value is -1.65. The summed E-state index contributed by atoms with van der Waals surface area (Å²) in [6.45, 7) is 2.59. The van der Waals surface area contributed by atoms with Crippen molar-refractivity contribution in [2.24, 2.45) is 0 Å². The van der Waals surface area contributed by atoms with Gasteiger partial charge in [-0.05, 0) is 36.2 Å². The van der Waals surface area contributed by atoms with Crippen LogP contribution in [0.1, 0.15) is 30.6 Å². The number of hydrogen-bond donors (Lipinski definition) is 1. The molecule has 0 aliphatic carbocycles. The highest BCUT2D eigenvalue weighted by atomic mass is 35.5. The third-order valence-electron chi connectivity index (χ3n) is 3.00. The van der Waals surface area contributed by atoms with Gasteiger partial charge in [-0.2, -0.15) is 0 Å². The van der Waals surface area contributed by atoms with E-state index in [0.717, 1.165) is 18.6 Å². The van der Waals surface area contributed by atoms with Gasteiger partial charge in [0, 0.05) is 5.56 Å². The maximum absolute atomic E-state index is 13.8. The SMILES string of the molecule is CCCOc1ccc(C(O)c2cc(F)c(Cl)cc2F)cc1. The van der Waals surface area contributed by atoms with Crippen molar-refractivity contribution in [3.8, 4) is 5.75 Å². The van der Waals surface area contributed by atoms with Crippen LogP contribution in [-0.2, 0) is 0 Å². The summed E-state index contributed by atoms with van der Waals surface area (Å²) in [6.07, 6.45) is -0.378. The molecule has 0 heterocycles. The maximum Gasteiger partial charge on any atom is 0.142 e. The zero-order valence-electron chi connectivity index (χ0n) is 11.4. The van der Waals surface area contributed by atoms with Crippen molar-refractivity contribution in [3.05, 3.63) is 64.2 Å². The van der Waals surface area contributed by atoms with Crippen LogP contribution in [0.4, 0.5) is 8.78 Å². The van der Waals surface area contributed by atoms with Gasteiger partial charge in [-0.1, -0.05) is 30.7 Å². The number of rotatable bonds is 5. The summed E-state index contributed by atoms with van der Waals surface area (Å²) in [5.74, 6) is -0.856. The lowest BCUT2D eigenvalue weighted by atomic mass is 10.0. The first kappa shape index (κ1) is 15.7. The average molecular weight is 313 g/mol. The van der Waals surface area contributed by atoms with E-state index in [1.165, 1.54) is 0 Å². The minimum Gasteiger partial charge on any atom is -0.494 e. The lowest BCUT2D eigenvalue weighted by Crippen LogP contribution is -2.04. The molecule has 112 valence electrons. The average Bonchev–Trinajstić information content (AvgIpc) is 2.48. The third kappa shape index (κ3) is 3.71. The van der Waals surface area contributed by atoms with Gasteiger partial charge < -0.3 is 9.84 Å². The van der Waals surface area contributed by atoms with E-state index in [1.54, 1.807) is 24.3 Å². The van der Waals surface area contributed by atoms with Crippen molar-refractivity contribution in [1.82, 2.24) is 0 Å². The van der Waals surface area contributed by atoms with Crippen LogP contribution >= 0.6 is 11.6 Å². The van der Waals surface area contributed by atoms with Gasteiger partial charge >= 0.3 is 0 Å². The van der Waals surface area contributed by atoms with Crippen LogP contribution in [0.5, 0.6) is 5.75 Å². The summed E-state index contributed by atoms with van der Waals surface area (Å²) >= 11 is 5.49. The van der Waals surface area contributed by atoms with Crippen LogP contribution in [0.2, 0.25) is 5.02 Å². The molecule has 0 amide bonds. The fourth-order valence-electron chi connectivity index (χ4n) is 1.89. The molecule has 1 unspecified atom stereocenters. The van der Waals surface area contributed by atoms with E-state index in [-0.39, 0.29) is 10.6 Å². The molecule has 2 aromatic rings. The van der Waals surface area contributed by atoms with E-state index < -0.39 is 17.7 Å². The van der Waals surface area contributed by atoms with Crippen molar-refractivity contribution in [2.45, 2.75) is 19.4 Å². The molecule has 0 bridgehead atoms. The van der Waals surface area contributed by atoms with Gasteiger partial charge in [0.05, 0.1) is 11.6 Å². The third-order valence-corrected chi connectivity index (χ3v) is 3.29. The first-order valence-electron chi connectivity index (χ1n) is 6.58. The second-order valence-corrected chi connectivity index (χ2v) is 5.02. The smallest absolute Gasteiger partial charge is 0.142 e. The van der Waals surface area contributed by atoms with E-state index in [4.69, 9.17) is 16.3 Å². The molecule has 0 fully saturated rings. The van der Waals surface area contributed by atoms with Gasteiger partial charge in [-0.15, -0.1) is 0 Å². The molecule has 0 saturated carbocycles. The topological polar surface area (TPSA) is 29.5 Å². The molecule has 2 nitrogen and oxygen atoms in total. The molecule has 0 radical (unpaired) electrons. The van der Waals surface area contributed by atoms with Gasteiger partial charge in [0.2, 0.25) is 0 Å². The molecule has 2 aromatic carbocycles. The summed E-state index contributed by atoms with van der Waals surface area (Å²) in [6, 6.07) is 8.35. The molecule has 2 rings (SSSR count). The van der Waals surface area contributed by atoms with E-state index in [9.17, 15) is 13.9 Å². The lowest BCUT2D eigenvalue weighted by Gasteiger charge is -2.14. The summed E-state index contributed by atoms with van der Waals surface area (Å²) in [7, 11) is 0. The first-order chi connectivity index (χ1) is 10.0. The molecule has 1 N–H and O–H groups in total. The van der Waals surface area contributed by atoms with Crippen molar-refractivity contribution in [3.63, 3.8) is 0 Å². The van der Waals surface area contributed by atoms with Crippen LogP contribution < -0.4 is 4.74 Å². The molecule has 0 aromatic heterocycles. The summed E-state index contributed by atoms with van der Waals surface area (Å²) in [4.78, 5) is 0. The molecule has 5 heteroatoms. The highest BCUT2D eigenvalue weighted by Gasteiger charge is 2.18. The van der Waals surface area contributed by atoms with Crippen LogP contribution in [0, 0.1) is 11.6 Å². The van der Waals surface area contributed by atoms with Crippen molar-refractivity contribution >= 4 is 11.6 Å². The zero-order valence-corrected chi connectivity index (χ0v) is 12.2. The Morgan fingerprint density at radius 2 is 1.81 bits per heavy atom. The second-order valence-electron chi connectivity index (χ2n) is 4.61. The zero-order chi connectivity index (χ0) is 15.4. The Bertz CT molecular complexity index is 614. The molecule has 21 heavy (non-hydrogen) atoms. The molecule has 0 spiro atoms. The molecule has 0 aliphatic heterocycles. The number of ether oxygens (including phenoxy) is 1. The molecule has 0 saturated heterocycles. The monoisotopic (exact) mass is 312 g/mol. The quantitative estimate of drug-likeness (QED) is 0.824. The van der Waals surface area contributed by atoms with E-state index in [2.05, 4.69) is 0 Å². The standard InChI is InChI=1S/C16H15ClF2O2/c1-2-7-21-11-5-3-10(4-6-11)16(20)12-8-15(19)13(17)9-14(12)18/h3-6,8-9,16,20H,2,7H2,1H3. The normalized spacial score (nSPS) is 12.2. The number of aliphatic hydroxyl groups excluding tert-OH is 1. The second kappa shape index (κ2) is 6.87. The Kier molecular flexibility index (Phi) is 5.15. The van der Waals surface area contributed by atoms with Gasteiger partial charge in [0.15, 0.2) is 0 Å². The Morgan fingerprint density at radius 3 is 2.43 bits per heavy atom. The Balaban J connectivity index is 2.23. The largest absolute Gasteiger partial charge is 0.494 e. The summed E-state index contributed by atoms with van der Waals surface area (Å²) < 4.78 is 32.6. The van der Waals surface area contributed by atoms with Crippen LogP contribution in [-0.4, -0.2) is 11.7 Å². The number of aliphatic hydroxyl groups is 1. The number of hydrogen-bond acceptors (Lipinski definition) is 2. The van der Waals surface area contributed by atoms with E-state index in [1.807, 2.05) is 6.92 Å². The van der Waals surface area contributed by atoms with Crippen LogP contribution in [0.15, 0.2) is 36.4 Å². The molecule has 1 atom stereocenters. The fourth-order valence-corrected chi connectivity index (χ4v) is 2.04. The van der Waals surface area contributed by atoms with Gasteiger partial charge in [0.25, 0.3) is 0 Å². The molecular formula is C16H15ClF2O2. The summed E-state index contributed by atoms with van der Waals surface area (Å²) in [5.41, 5.74) is 0.290. The van der Waals surface area contributed by atoms with Gasteiger partial charge in [-0.25, -0.2) is 8.78 Å². The fraction of sp³-hybridized carbons (Fsp3) is 0.250. The van der Waals surface area contributed by atoms with Gasteiger partial charge in [0.1, 0.15) is 23.5 Å². The Morgan fingerprint density at radius 1 is 1.14 bits per heavy atom. The van der Waals surface area contributed by atoms with E-state index >= 15 is 0 Å². The van der Waals surface area contributed by atoms with Crippen molar-refractivity contribution < 1.29 is 18.6 Å². The van der Waals surface area contributed by atoms with Crippen LogP contribution in [0.25, 0.3) is 0 Å². The molecular weight excluding hydrogens is 298 g/mol. The van der Waals surface area contributed by atoms with Crippen LogP contribution in [0.3, 0.4) is 0 Å². The van der Waals surface area contributed by atoms with Crippen molar-refractivity contribution in [1.29, 1.82) is 0 Å². The maximum atomic E-state index is 13.8. The highest BCUT2D eigenvalue weighted by Crippen LogP contribution is 2.29. The Labute approximate surface area is 126 Å². The first-order valence-corrected chi connectivity index (χ1v) is 6.96. The predicted molar refractivity (Wildman–Crippen MR) is 77.7 cm³/mol. The number of benzene rings is 2. The van der Waals surface area contributed by atoms with Gasteiger partial charge in [-0.3, -0.25) is 0 Å². The minimum atomic E-state index is -1.27. The lowest BCUT2D eigenvalue weighted by molar-refractivity contribution is 0.214. The minimum absolute atomic E-state index is 0.154. The van der Waals surface area contributed by atoms with Crippen molar-refractivity contribution in [2.75, 3.05) is 6.61 Å². The predicted octanol–water partition coefficient (Wildman–Crippen LogP) is 4.49. The highest BCUT2D eigenvalue weighted by molar-refractivity contribution is 6.30. The number of halogens is 3. The summed E-state index contributed by atoms with van der Waals surface area (Å²) in [5, 5.41) is 9.85.